The van der Waals surface area contributed by atoms with E-state index in [1.54, 1.807) is 0 Å². The second-order valence-corrected chi connectivity index (χ2v) is 4.31. The molecule has 0 aromatic heterocycles. The van der Waals surface area contributed by atoms with E-state index < -0.39 is 68.8 Å². The highest BCUT2D eigenvalue weighted by Gasteiger charge is 2.31. The maximum atomic E-state index is 13.5. The molecule has 2 aromatic rings. The summed E-state index contributed by atoms with van der Waals surface area (Å²) in [6.07, 6.45) is 0. The zero-order valence-electron chi connectivity index (χ0n) is 10.3. The highest BCUT2D eigenvalue weighted by molar-refractivity contribution is 6.33. The second kappa shape index (κ2) is 5.76. The molecule has 0 heterocycles. The predicted octanol–water partition coefficient (Wildman–Crippen LogP) is 4.95. The van der Waals surface area contributed by atoms with Crippen LogP contribution in [0, 0.1) is 46.5 Å². The molecule has 124 valence electrons. The normalized spacial score (nSPS) is 11.0. The number of hydrogen-bond acceptors (Lipinski definition) is 2. The summed E-state index contributed by atoms with van der Waals surface area (Å²) < 4.78 is 109. The molecule has 0 aliphatic carbocycles. The molecular formula is C12HClF8O2. The summed E-state index contributed by atoms with van der Waals surface area (Å²) in [5, 5.41) is 7.69. The van der Waals surface area contributed by atoms with Crippen LogP contribution >= 0.6 is 11.6 Å². The van der Waals surface area contributed by atoms with Gasteiger partial charge in [-0.2, -0.15) is 17.6 Å². The van der Waals surface area contributed by atoms with E-state index in [1.165, 1.54) is 0 Å². The van der Waals surface area contributed by atoms with E-state index in [0.29, 0.717) is 0 Å². The molecule has 0 saturated carbocycles. The highest BCUT2D eigenvalue weighted by atomic mass is 35.5. The lowest BCUT2D eigenvalue weighted by molar-refractivity contribution is 0.316. The molecule has 0 fully saturated rings. The number of phenols is 1. The molecule has 2 aromatic carbocycles. The Morgan fingerprint density at radius 2 is 0.913 bits per heavy atom. The van der Waals surface area contributed by atoms with Crippen molar-refractivity contribution in [2.75, 3.05) is 0 Å². The first-order valence-electron chi connectivity index (χ1n) is 5.33. The largest absolute Gasteiger partial charge is 0.504 e. The van der Waals surface area contributed by atoms with E-state index >= 15 is 0 Å². The van der Waals surface area contributed by atoms with E-state index in [9.17, 15) is 35.1 Å². The summed E-state index contributed by atoms with van der Waals surface area (Å²) in [5.74, 6) is -24.5. The molecule has 0 aliphatic rings. The first kappa shape index (κ1) is 17.1. The van der Waals surface area contributed by atoms with Crippen molar-refractivity contribution in [2.45, 2.75) is 0 Å². The Kier molecular flexibility index (Phi) is 4.29. The van der Waals surface area contributed by atoms with Gasteiger partial charge in [0, 0.05) is 0 Å². The first-order valence-corrected chi connectivity index (χ1v) is 5.71. The Bertz CT molecular complexity index is 698. The average molecular weight is 365 g/mol. The Hall–Kier alpha value is -2.23. The van der Waals surface area contributed by atoms with Crippen LogP contribution in [0.15, 0.2) is 0 Å². The van der Waals surface area contributed by atoms with Gasteiger partial charge in [-0.1, -0.05) is 11.6 Å². The molecule has 2 nitrogen and oxygen atoms in total. The lowest BCUT2D eigenvalue weighted by atomic mass is 10.2. The van der Waals surface area contributed by atoms with Gasteiger partial charge < -0.3 is 9.84 Å². The van der Waals surface area contributed by atoms with E-state index in [4.69, 9.17) is 16.7 Å². The lowest BCUT2D eigenvalue weighted by Crippen LogP contribution is -2.06. The number of hydrogen-bond donors (Lipinski definition) is 1. The number of phenolic OH excluding ortho intramolecular Hbond substituents is 1. The number of rotatable bonds is 2. The molecule has 0 bridgehead atoms. The third kappa shape index (κ3) is 2.52. The molecule has 1 N–H and O–H groups in total. The van der Waals surface area contributed by atoms with Crippen LogP contribution in [-0.2, 0) is 0 Å². The molecule has 0 unspecified atom stereocenters. The molecule has 23 heavy (non-hydrogen) atoms. The molecule has 0 atom stereocenters. The van der Waals surface area contributed by atoms with Gasteiger partial charge in [0.15, 0.2) is 11.5 Å². The molecule has 0 radical (unpaired) electrons. The van der Waals surface area contributed by atoms with Crippen molar-refractivity contribution in [3.8, 4) is 17.2 Å². The quantitative estimate of drug-likeness (QED) is 0.464. The van der Waals surface area contributed by atoms with E-state index in [0.717, 1.165) is 0 Å². The first-order chi connectivity index (χ1) is 10.6. The van der Waals surface area contributed by atoms with Crippen LogP contribution in [0.5, 0.6) is 17.2 Å². The SMILES string of the molecule is Oc1c(F)c(F)c(F)c(Oc2c(F)c(F)c(F)c(F)c2F)c1Cl. The standard InChI is InChI=1S/C12HClF8O2/c13-1-10(22)6(18)5(17)7(19)11(1)23-12-8(20)3(15)2(14)4(16)9(12)21/h22H. The van der Waals surface area contributed by atoms with E-state index in [1.807, 2.05) is 0 Å². The maximum Gasteiger partial charge on any atom is 0.207 e. The van der Waals surface area contributed by atoms with Crippen LogP contribution in [0.2, 0.25) is 5.02 Å². The van der Waals surface area contributed by atoms with Gasteiger partial charge in [-0.3, -0.25) is 0 Å². The third-order valence-electron chi connectivity index (χ3n) is 2.57. The topological polar surface area (TPSA) is 29.5 Å². The Balaban J connectivity index is 2.71. The lowest BCUT2D eigenvalue weighted by Gasteiger charge is -2.13. The molecule has 0 amide bonds. The summed E-state index contributed by atoms with van der Waals surface area (Å²) in [6, 6.07) is 0. The predicted molar refractivity (Wildman–Crippen MR) is 59.3 cm³/mol. The monoisotopic (exact) mass is 364 g/mol. The van der Waals surface area contributed by atoms with Gasteiger partial charge in [0.1, 0.15) is 5.02 Å². The van der Waals surface area contributed by atoms with E-state index in [-0.39, 0.29) is 0 Å². The van der Waals surface area contributed by atoms with Gasteiger partial charge in [-0.05, 0) is 0 Å². The molecule has 2 rings (SSSR count). The van der Waals surface area contributed by atoms with Gasteiger partial charge >= 0.3 is 0 Å². The van der Waals surface area contributed by atoms with Crippen LogP contribution in [0.1, 0.15) is 0 Å². The highest BCUT2D eigenvalue weighted by Crippen LogP contribution is 2.43. The zero-order valence-corrected chi connectivity index (χ0v) is 11.0. The Labute approximate surface area is 126 Å². The van der Waals surface area contributed by atoms with Crippen LogP contribution in [0.25, 0.3) is 0 Å². The summed E-state index contributed by atoms with van der Waals surface area (Å²) in [6.45, 7) is 0. The van der Waals surface area contributed by atoms with E-state index in [2.05, 4.69) is 4.74 Å². The second-order valence-electron chi connectivity index (χ2n) is 3.93. The summed E-state index contributed by atoms with van der Waals surface area (Å²) in [5.41, 5.74) is 0. The summed E-state index contributed by atoms with van der Waals surface area (Å²) in [4.78, 5) is 0. The Morgan fingerprint density at radius 1 is 0.565 bits per heavy atom. The van der Waals surface area contributed by atoms with Crippen LogP contribution in [0.3, 0.4) is 0 Å². The number of aromatic hydroxyl groups is 1. The molecule has 11 heteroatoms. The van der Waals surface area contributed by atoms with Crippen molar-refractivity contribution < 1.29 is 45.0 Å². The van der Waals surface area contributed by atoms with Crippen LogP contribution < -0.4 is 4.74 Å². The van der Waals surface area contributed by atoms with Crippen LogP contribution in [-0.4, -0.2) is 5.11 Å². The van der Waals surface area contributed by atoms with Crippen molar-refractivity contribution in [3.63, 3.8) is 0 Å². The smallest absolute Gasteiger partial charge is 0.207 e. The Morgan fingerprint density at radius 3 is 1.39 bits per heavy atom. The number of ether oxygens (including phenoxy) is 1. The summed E-state index contributed by atoms with van der Waals surface area (Å²) in [7, 11) is 0. The minimum atomic E-state index is -2.52. The van der Waals surface area contributed by atoms with Gasteiger partial charge in [-0.25, -0.2) is 17.6 Å². The zero-order chi connectivity index (χ0) is 17.6. The van der Waals surface area contributed by atoms with Crippen molar-refractivity contribution in [1.29, 1.82) is 0 Å². The fourth-order valence-corrected chi connectivity index (χ4v) is 1.67. The summed E-state index contributed by atoms with van der Waals surface area (Å²) >= 11 is 5.21. The van der Waals surface area contributed by atoms with Crippen molar-refractivity contribution in [1.82, 2.24) is 0 Å². The van der Waals surface area contributed by atoms with Gasteiger partial charge in [0.05, 0.1) is 0 Å². The van der Waals surface area contributed by atoms with Gasteiger partial charge in [0.25, 0.3) is 0 Å². The number of halogens is 9. The fourth-order valence-electron chi connectivity index (χ4n) is 1.47. The van der Waals surface area contributed by atoms with Gasteiger partial charge in [0.2, 0.25) is 52.3 Å². The van der Waals surface area contributed by atoms with Crippen molar-refractivity contribution in [3.05, 3.63) is 51.6 Å². The minimum Gasteiger partial charge on any atom is -0.504 e. The van der Waals surface area contributed by atoms with Crippen molar-refractivity contribution in [2.24, 2.45) is 0 Å². The van der Waals surface area contributed by atoms with Crippen molar-refractivity contribution >= 4 is 11.6 Å². The maximum absolute atomic E-state index is 13.5. The molecule has 0 saturated heterocycles. The fraction of sp³-hybridized carbons (Fsp3) is 0. The van der Waals surface area contributed by atoms with Crippen LogP contribution in [0.4, 0.5) is 35.1 Å². The molecule has 0 spiro atoms. The molecule has 0 aliphatic heterocycles. The minimum absolute atomic E-state index is 1.38. The van der Waals surface area contributed by atoms with Gasteiger partial charge in [-0.15, -0.1) is 0 Å². The molecular weight excluding hydrogens is 364 g/mol. The average Bonchev–Trinajstić information content (AvgIpc) is 2.54. The number of benzene rings is 2. The third-order valence-corrected chi connectivity index (χ3v) is 2.92.